The number of carbonyl (C=O) groups excluding carboxylic acids is 1. The summed E-state index contributed by atoms with van der Waals surface area (Å²) in [4.78, 5) is 12.1. The lowest BCUT2D eigenvalue weighted by molar-refractivity contribution is -0.121. The molecule has 4 heteroatoms. The van der Waals surface area contributed by atoms with E-state index < -0.39 is 0 Å². The molecule has 0 saturated heterocycles. The van der Waals surface area contributed by atoms with Crippen LogP contribution >= 0.6 is 0 Å². The zero-order chi connectivity index (χ0) is 18.5. The van der Waals surface area contributed by atoms with Gasteiger partial charge in [0.2, 0.25) is 5.91 Å². The molecule has 136 valence electrons. The third kappa shape index (κ3) is 4.31. The normalized spacial score (nSPS) is 12.3. The van der Waals surface area contributed by atoms with E-state index in [4.69, 9.17) is 0 Å². The van der Waals surface area contributed by atoms with E-state index >= 15 is 0 Å². The highest BCUT2D eigenvalue weighted by molar-refractivity contribution is 5.85. The minimum atomic E-state index is -0.223. The van der Waals surface area contributed by atoms with Crippen LogP contribution < -0.4 is 5.32 Å². The molecule has 1 amide bonds. The smallest absolute Gasteiger partial charge is 0.220 e. The SMILES string of the molecule is CCC(C)NC(=O)CCc1cn(Cc2ccc(F)cc2)c2ccccc12. The second kappa shape index (κ2) is 8.17. The van der Waals surface area contributed by atoms with Gasteiger partial charge in [-0.3, -0.25) is 4.79 Å². The van der Waals surface area contributed by atoms with E-state index in [0.29, 0.717) is 19.4 Å². The third-order valence-corrected chi connectivity index (χ3v) is 4.78. The molecule has 3 aromatic rings. The molecule has 3 nitrogen and oxygen atoms in total. The average Bonchev–Trinajstić information content (AvgIpc) is 2.99. The van der Waals surface area contributed by atoms with Crippen LogP contribution in [0.4, 0.5) is 4.39 Å². The lowest BCUT2D eigenvalue weighted by atomic mass is 10.1. The summed E-state index contributed by atoms with van der Waals surface area (Å²) in [6.45, 7) is 4.76. The quantitative estimate of drug-likeness (QED) is 0.658. The number of halogens is 1. The van der Waals surface area contributed by atoms with Crippen molar-refractivity contribution in [2.45, 2.75) is 45.7 Å². The van der Waals surface area contributed by atoms with Crippen LogP contribution in [0, 0.1) is 5.82 Å². The van der Waals surface area contributed by atoms with E-state index in [1.165, 1.54) is 23.1 Å². The molecule has 0 bridgehead atoms. The van der Waals surface area contributed by atoms with Gasteiger partial charge in [-0.15, -0.1) is 0 Å². The molecule has 1 heterocycles. The lowest BCUT2D eigenvalue weighted by Crippen LogP contribution is -2.31. The number of fused-ring (bicyclic) bond motifs is 1. The van der Waals surface area contributed by atoms with Gasteiger partial charge in [0, 0.05) is 36.1 Å². The van der Waals surface area contributed by atoms with Gasteiger partial charge in [0.25, 0.3) is 0 Å². The monoisotopic (exact) mass is 352 g/mol. The highest BCUT2D eigenvalue weighted by Gasteiger charge is 2.11. The maximum Gasteiger partial charge on any atom is 0.220 e. The second-order valence-electron chi connectivity index (χ2n) is 6.80. The van der Waals surface area contributed by atoms with E-state index in [2.05, 4.69) is 35.1 Å². The molecular weight excluding hydrogens is 327 g/mol. The minimum Gasteiger partial charge on any atom is -0.354 e. The number of benzene rings is 2. The highest BCUT2D eigenvalue weighted by Crippen LogP contribution is 2.23. The Morgan fingerprint density at radius 3 is 2.62 bits per heavy atom. The number of hydrogen-bond acceptors (Lipinski definition) is 1. The predicted octanol–water partition coefficient (Wildman–Crippen LogP) is 4.68. The van der Waals surface area contributed by atoms with Crippen LogP contribution in [0.2, 0.25) is 0 Å². The summed E-state index contributed by atoms with van der Waals surface area (Å²) in [6.07, 6.45) is 4.24. The minimum absolute atomic E-state index is 0.0923. The predicted molar refractivity (Wildman–Crippen MR) is 104 cm³/mol. The molecule has 0 aliphatic carbocycles. The zero-order valence-corrected chi connectivity index (χ0v) is 15.3. The summed E-state index contributed by atoms with van der Waals surface area (Å²) in [5.41, 5.74) is 3.35. The topological polar surface area (TPSA) is 34.0 Å². The Morgan fingerprint density at radius 2 is 1.88 bits per heavy atom. The number of rotatable bonds is 7. The van der Waals surface area contributed by atoms with Crippen LogP contribution in [0.5, 0.6) is 0 Å². The van der Waals surface area contributed by atoms with E-state index in [-0.39, 0.29) is 17.8 Å². The number of amides is 1. The number of aryl methyl sites for hydroxylation is 1. The first kappa shape index (κ1) is 18.2. The molecule has 0 aliphatic rings. The van der Waals surface area contributed by atoms with Gasteiger partial charge in [0.1, 0.15) is 5.82 Å². The van der Waals surface area contributed by atoms with E-state index in [1.54, 1.807) is 0 Å². The number of aromatic nitrogens is 1. The number of carbonyl (C=O) groups is 1. The third-order valence-electron chi connectivity index (χ3n) is 4.78. The van der Waals surface area contributed by atoms with Crippen molar-refractivity contribution in [1.29, 1.82) is 0 Å². The standard InChI is InChI=1S/C22H25FN2O/c1-3-16(2)24-22(26)13-10-18-15-25(21-7-5-4-6-20(18)21)14-17-8-11-19(23)12-9-17/h4-9,11-12,15-16H,3,10,13-14H2,1-2H3,(H,24,26). The van der Waals surface area contributed by atoms with Gasteiger partial charge in [-0.1, -0.05) is 37.3 Å². The Bertz CT molecular complexity index is 883. The number of nitrogens with zero attached hydrogens (tertiary/aromatic N) is 1. The van der Waals surface area contributed by atoms with E-state index in [9.17, 15) is 9.18 Å². The first-order valence-electron chi connectivity index (χ1n) is 9.17. The van der Waals surface area contributed by atoms with Crippen molar-refractivity contribution in [3.05, 3.63) is 71.7 Å². The van der Waals surface area contributed by atoms with Crippen LogP contribution in [0.25, 0.3) is 10.9 Å². The molecule has 0 saturated carbocycles. The largest absolute Gasteiger partial charge is 0.354 e. The van der Waals surface area contributed by atoms with Gasteiger partial charge in [-0.25, -0.2) is 4.39 Å². The first-order valence-corrected chi connectivity index (χ1v) is 9.17. The van der Waals surface area contributed by atoms with Gasteiger partial charge >= 0.3 is 0 Å². The van der Waals surface area contributed by atoms with Crippen LogP contribution in [0.1, 0.15) is 37.8 Å². The Morgan fingerprint density at radius 1 is 1.15 bits per heavy atom. The molecule has 0 radical (unpaired) electrons. The molecule has 1 unspecified atom stereocenters. The molecule has 3 rings (SSSR count). The van der Waals surface area contributed by atoms with Crippen LogP contribution in [0.3, 0.4) is 0 Å². The number of para-hydroxylation sites is 1. The average molecular weight is 352 g/mol. The summed E-state index contributed by atoms with van der Waals surface area (Å²) in [5, 5.41) is 4.19. The first-order chi connectivity index (χ1) is 12.6. The maximum absolute atomic E-state index is 13.1. The summed E-state index contributed by atoms with van der Waals surface area (Å²) in [7, 11) is 0. The summed E-state index contributed by atoms with van der Waals surface area (Å²) in [6, 6.07) is 15.0. The van der Waals surface area contributed by atoms with Crippen molar-refractivity contribution in [3.8, 4) is 0 Å². The molecule has 1 N–H and O–H groups in total. The van der Waals surface area contributed by atoms with Gasteiger partial charge in [-0.05, 0) is 49.1 Å². The van der Waals surface area contributed by atoms with Crippen molar-refractivity contribution in [1.82, 2.24) is 9.88 Å². The summed E-state index contributed by atoms with van der Waals surface area (Å²) in [5.74, 6) is -0.131. The molecule has 26 heavy (non-hydrogen) atoms. The Hall–Kier alpha value is -2.62. The van der Waals surface area contributed by atoms with Crippen LogP contribution in [-0.2, 0) is 17.8 Å². The Balaban J connectivity index is 1.78. The second-order valence-corrected chi connectivity index (χ2v) is 6.80. The van der Waals surface area contributed by atoms with Gasteiger partial charge in [-0.2, -0.15) is 0 Å². The molecule has 0 aliphatic heterocycles. The highest BCUT2D eigenvalue weighted by atomic mass is 19.1. The van der Waals surface area contributed by atoms with Crippen LogP contribution in [0.15, 0.2) is 54.7 Å². The molecular formula is C22H25FN2O. The van der Waals surface area contributed by atoms with Crippen LogP contribution in [-0.4, -0.2) is 16.5 Å². The van der Waals surface area contributed by atoms with E-state index in [0.717, 1.165) is 17.5 Å². The van der Waals surface area contributed by atoms with Crippen molar-refractivity contribution in [2.24, 2.45) is 0 Å². The fraction of sp³-hybridized carbons (Fsp3) is 0.318. The van der Waals surface area contributed by atoms with Crippen molar-refractivity contribution < 1.29 is 9.18 Å². The van der Waals surface area contributed by atoms with E-state index in [1.807, 2.05) is 31.2 Å². The van der Waals surface area contributed by atoms with Crippen molar-refractivity contribution in [3.63, 3.8) is 0 Å². The number of nitrogens with one attached hydrogen (secondary N) is 1. The van der Waals surface area contributed by atoms with Gasteiger partial charge < -0.3 is 9.88 Å². The molecule has 1 atom stereocenters. The molecule has 2 aromatic carbocycles. The Labute approximate surface area is 153 Å². The summed E-state index contributed by atoms with van der Waals surface area (Å²) < 4.78 is 15.3. The lowest BCUT2D eigenvalue weighted by Gasteiger charge is -2.10. The van der Waals surface area contributed by atoms with Gasteiger partial charge in [0.05, 0.1) is 0 Å². The number of hydrogen-bond donors (Lipinski definition) is 1. The zero-order valence-electron chi connectivity index (χ0n) is 15.3. The molecule has 0 fully saturated rings. The maximum atomic E-state index is 13.1. The summed E-state index contributed by atoms with van der Waals surface area (Å²) >= 11 is 0. The molecule has 1 aromatic heterocycles. The van der Waals surface area contributed by atoms with Crippen molar-refractivity contribution in [2.75, 3.05) is 0 Å². The van der Waals surface area contributed by atoms with Crippen molar-refractivity contribution >= 4 is 16.8 Å². The molecule has 0 spiro atoms. The fourth-order valence-electron chi connectivity index (χ4n) is 3.14. The fourth-order valence-corrected chi connectivity index (χ4v) is 3.14. The van der Waals surface area contributed by atoms with Gasteiger partial charge in [0.15, 0.2) is 0 Å². The Kier molecular flexibility index (Phi) is 5.71.